The molecule has 0 saturated carbocycles. The van der Waals surface area contributed by atoms with Gasteiger partial charge in [0.2, 0.25) is 6.43 Å². The molecule has 0 radical (unpaired) electrons. The Bertz CT molecular complexity index is 516. The van der Waals surface area contributed by atoms with Crippen LogP contribution in [0.4, 0.5) is 26.3 Å². The van der Waals surface area contributed by atoms with E-state index in [9.17, 15) is 26.3 Å². The summed E-state index contributed by atoms with van der Waals surface area (Å²) in [5, 5.41) is 3.07. The van der Waals surface area contributed by atoms with Gasteiger partial charge in [-0.1, -0.05) is 6.07 Å². The van der Waals surface area contributed by atoms with E-state index in [1.807, 2.05) is 0 Å². The van der Waals surface area contributed by atoms with Crippen LogP contribution in [-0.2, 0) is 0 Å². The van der Waals surface area contributed by atoms with E-state index in [0.717, 1.165) is 12.1 Å². The topological polar surface area (TPSA) is 24.5 Å². The van der Waals surface area contributed by atoms with Crippen molar-refractivity contribution in [2.45, 2.75) is 25.3 Å². The molecule has 3 nitrogen and oxygen atoms in total. The standard InChI is InChI=1S/C14H16F6N2O/c15-10-7-9(1-2-12(10)23-14(18,19)20)11(8-13(16)17)22-5-3-21-4-6-22/h1-2,7,11,13,21H,3-6,8H2/t11-/m0/s1. The summed E-state index contributed by atoms with van der Waals surface area (Å²) in [6.07, 6.45) is -8.13. The molecular weight excluding hydrogens is 326 g/mol. The minimum Gasteiger partial charge on any atom is -0.403 e. The molecule has 0 aliphatic carbocycles. The third-order valence-electron chi connectivity index (χ3n) is 3.56. The van der Waals surface area contributed by atoms with E-state index in [2.05, 4.69) is 10.1 Å². The van der Waals surface area contributed by atoms with E-state index in [1.54, 1.807) is 4.90 Å². The van der Waals surface area contributed by atoms with Gasteiger partial charge >= 0.3 is 6.36 Å². The molecule has 1 N–H and O–H groups in total. The normalized spacial score (nSPS) is 18.2. The van der Waals surface area contributed by atoms with Crippen molar-refractivity contribution >= 4 is 0 Å². The van der Waals surface area contributed by atoms with Gasteiger partial charge in [0.25, 0.3) is 0 Å². The molecule has 0 unspecified atom stereocenters. The first-order valence-electron chi connectivity index (χ1n) is 7.04. The van der Waals surface area contributed by atoms with E-state index in [0.29, 0.717) is 26.2 Å². The molecular formula is C14H16F6N2O. The van der Waals surface area contributed by atoms with E-state index in [1.165, 1.54) is 6.07 Å². The molecule has 1 atom stereocenters. The second-order valence-corrected chi connectivity index (χ2v) is 5.17. The molecule has 0 bridgehead atoms. The molecule has 1 fully saturated rings. The zero-order valence-electron chi connectivity index (χ0n) is 12.0. The number of alkyl halides is 5. The van der Waals surface area contributed by atoms with E-state index in [4.69, 9.17) is 0 Å². The van der Waals surface area contributed by atoms with Crippen LogP contribution in [0.3, 0.4) is 0 Å². The Hall–Kier alpha value is -1.48. The molecule has 23 heavy (non-hydrogen) atoms. The van der Waals surface area contributed by atoms with Crippen LogP contribution >= 0.6 is 0 Å². The third-order valence-corrected chi connectivity index (χ3v) is 3.56. The maximum Gasteiger partial charge on any atom is 0.573 e. The second kappa shape index (κ2) is 7.39. The van der Waals surface area contributed by atoms with Gasteiger partial charge in [0.1, 0.15) is 0 Å². The highest BCUT2D eigenvalue weighted by molar-refractivity contribution is 5.31. The SMILES string of the molecule is Fc1cc([C@H](CC(F)F)N2CCNCC2)ccc1OC(F)(F)F. The summed E-state index contributed by atoms with van der Waals surface area (Å²) in [5.74, 6) is -2.20. The summed E-state index contributed by atoms with van der Waals surface area (Å²) in [5.41, 5.74) is 0.208. The fraction of sp³-hybridized carbons (Fsp3) is 0.571. The van der Waals surface area contributed by atoms with Crippen molar-refractivity contribution in [2.24, 2.45) is 0 Å². The molecule has 1 saturated heterocycles. The Kier molecular flexibility index (Phi) is 5.74. The molecule has 1 heterocycles. The minimum absolute atomic E-state index is 0.208. The van der Waals surface area contributed by atoms with Crippen LogP contribution < -0.4 is 10.1 Å². The number of hydrogen-bond acceptors (Lipinski definition) is 3. The predicted octanol–water partition coefficient (Wildman–Crippen LogP) is 3.33. The number of nitrogens with one attached hydrogen (secondary N) is 1. The molecule has 0 aromatic heterocycles. The lowest BCUT2D eigenvalue weighted by Crippen LogP contribution is -2.45. The lowest BCUT2D eigenvalue weighted by atomic mass is 10.0. The number of benzene rings is 1. The first-order valence-corrected chi connectivity index (χ1v) is 7.04. The van der Waals surface area contributed by atoms with Gasteiger partial charge in [0, 0.05) is 38.6 Å². The number of ether oxygens (including phenoxy) is 1. The molecule has 0 amide bonds. The van der Waals surface area contributed by atoms with Gasteiger partial charge in [0.15, 0.2) is 11.6 Å². The Morgan fingerprint density at radius 3 is 2.35 bits per heavy atom. The molecule has 2 rings (SSSR count). The van der Waals surface area contributed by atoms with Crippen molar-refractivity contribution < 1.29 is 31.1 Å². The van der Waals surface area contributed by atoms with Crippen molar-refractivity contribution in [1.29, 1.82) is 0 Å². The summed E-state index contributed by atoms with van der Waals surface area (Å²) in [6, 6.07) is 2.08. The van der Waals surface area contributed by atoms with Gasteiger partial charge in [-0.25, -0.2) is 13.2 Å². The van der Waals surface area contributed by atoms with Crippen LogP contribution in [0, 0.1) is 5.82 Å². The zero-order chi connectivity index (χ0) is 17.0. The van der Waals surface area contributed by atoms with Crippen molar-refractivity contribution in [3.8, 4) is 5.75 Å². The Balaban J connectivity index is 2.22. The lowest BCUT2D eigenvalue weighted by Gasteiger charge is -2.35. The molecule has 9 heteroatoms. The number of rotatable bonds is 5. The fourth-order valence-corrected chi connectivity index (χ4v) is 2.59. The largest absolute Gasteiger partial charge is 0.573 e. The maximum atomic E-state index is 13.8. The van der Waals surface area contributed by atoms with Crippen molar-refractivity contribution in [3.05, 3.63) is 29.6 Å². The van der Waals surface area contributed by atoms with Gasteiger partial charge in [-0.2, -0.15) is 0 Å². The number of piperazine rings is 1. The second-order valence-electron chi connectivity index (χ2n) is 5.17. The number of hydrogen-bond donors (Lipinski definition) is 1. The van der Waals surface area contributed by atoms with E-state index < -0.39 is 36.8 Å². The van der Waals surface area contributed by atoms with Gasteiger partial charge in [-0.3, -0.25) is 4.90 Å². The van der Waals surface area contributed by atoms with Crippen LogP contribution in [0.25, 0.3) is 0 Å². The average molecular weight is 342 g/mol. The maximum absolute atomic E-state index is 13.8. The van der Waals surface area contributed by atoms with Gasteiger partial charge in [-0.15, -0.1) is 13.2 Å². The number of nitrogens with zero attached hydrogens (tertiary/aromatic N) is 1. The van der Waals surface area contributed by atoms with Crippen molar-refractivity contribution in [2.75, 3.05) is 26.2 Å². The van der Waals surface area contributed by atoms with Crippen molar-refractivity contribution in [3.63, 3.8) is 0 Å². The summed E-state index contributed by atoms with van der Waals surface area (Å²) < 4.78 is 79.4. The third kappa shape index (κ3) is 5.28. The highest BCUT2D eigenvalue weighted by atomic mass is 19.4. The summed E-state index contributed by atoms with van der Waals surface area (Å²) in [7, 11) is 0. The predicted molar refractivity (Wildman–Crippen MR) is 70.9 cm³/mol. The highest BCUT2D eigenvalue weighted by Gasteiger charge is 2.33. The lowest BCUT2D eigenvalue weighted by molar-refractivity contribution is -0.275. The molecule has 1 aliphatic heterocycles. The van der Waals surface area contributed by atoms with Gasteiger partial charge in [0.05, 0.1) is 0 Å². The molecule has 1 aromatic carbocycles. The van der Waals surface area contributed by atoms with Gasteiger partial charge in [-0.05, 0) is 17.7 Å². The highest BCUT2D eigenvalue weighted by Crippen LogP contribution is 2.32. The first kappa shape index (κ1) is 17.9. The smallest absolute Gasteiger partial charge is 0.403 e. The molecule has 0 spiro atoms. The first-order chi connectivity index (χ1) is 10.8. The Morgan fingerprint density at radius 2 is 1.83 bits per heavy atom. The van der Waals surface area contributed by atoms with Crippen LogP contribution in [0.15, 0.2) is 18.2 Å². The minimum atomic E-state index is -5.01. The van der Waals surface area contributed by atoms with Crippen molar-refractivity contribution in [1.82, 2.24) is 10.2 Å². The fourth-order valence-electron chi connectivity index (χ4n) is 2.59. The quantitative estimate of drug-likeness (QED) is 0.831. The molecule has 1 aliphatic rings. The molecule has 1 aromatic rings. The Morgan fingerprint density at radius 1 is 1.17 bits per heavy atom. The zero-order valence-corrected chi connectivity index (χ0v) is 12.0. The van der Waals surface area contributed by atoms with E-state index in [-0.39, 0.29) is 5.56 Å². The summed E-state index contributed by atoms with van der Waals surface area (Å²) in [4.78, 5) is 1.77. The van der Waals surface area contributed by atoms with E-state index >= 15 is 0 Å². The van der Waals surface area contributed by atoms with Gasteiger partial charge < -0.3 is 10.1 Å². The van der Waals surface area contributed by atoms with Crippen LogP contribution in [0.2, 0.25) is 0 Å². The van der Waals surface area contributed by atoms with Crippen LogP contribution in [0.5, 0.6) is 5.75 Å². The average Bonchev–Trinajstić information content (AvgIpc) is 2.46. The summed E-state index contributed by atoms with van der Waals surface area (Å²) >= 11 is 0. The van der Waals surface area contributed by atoms with Crippen LogP contribution in [0.1, 0.15) is 18.0 Å². The molecule has 130 valence electrons. The monoisotopic (exact) mass is 342 g/mol. The Labute approximate surface area is 129 Å². The summed E-state index contributed by atoms with van der Waals surface area (Å²) in [6.45, 7) is 2.22. The van der Waals surface area contributed by atoms with Crippen LogP contribution in [-0.4, -0.2) is 43.9 Å². The number of halogens is 6.